The Labute approximate surface area is 491 Å². The molecule has 480 valence electrons. The van der Waals surface area contributed by atoms with Crippen molar-refractivity contribution in [3.8, 4) is 5.75 Å². The third-order valence-corrected chi connectivity index (χ3v) is 13.8. The second kappa shape index (κ2) is 34.6. The number of rotatable bonds is 37. The maximum Gasteiger partial charge on any atom is 0.469 e. The van der Waals surface area contributed by atoms with Crippen LogP contribution in [0.5, 0.6) is 5.75 Å². The van der Waals surface area contributed by atoms with Crippen LogP contribution in [0.4, 0.5) is 0 Å². The number of carboxylic acid groups (broad SMARTS) is 4. The standard InChI is InChI=1S/C50H76N11O24P/c1-6-23(4)39(47(77)56-30(17-25-9-11-26(63)12-10-25)44(74)58-33(21-62)50(80)81)59-42(72)28(13-14-36(65)66)53-43(73)29(16-22(2)3)55-48(78)40(24(5)85-86(82,83)84)60-45(75)31(19-37(67)68)54-46(76)34-8-7-15-61(34)49(79)32(20-38(69)70)57-41(71)27(51)18-35(52)64/h9-12,22-24,27-34,39-40,62-63H,6-8,13-21,51H2,1-5H3,(H2,52,64)(H,53,73)(H,54,76)(H,55,78)(H,56,77)(H,57,71)(H,58,74)(H,59,72)(H,60,75)(H,65,66)(H,67,68)(H,69,70)(H,80,81)(H2,82,83,84)/t23-,24+,27-,28-,29-,30-,31-,32-,33-,34-,39-,40-/m0/s1. The lowest BCUT2D eigenvalue weighted by Gasteiger charge is -2.31. The van der Waals surface area contributed by atoms with Gasteiger partial charge in [0.2, 0.25) is 59.1 Å². The van der Waals surface area contributed by atoms with Gasteiger partial charge in [0, 0.05) is 19.4 Å². The van der Waals surface area contributed by atoms with Crippen LogP contribution in [0.1, 0.15) is 98.0 Å². The van der Waals surface area contributed by atoms with Crippen molar-refractivity contribution in [2.75, 3.05) is 13.2 Å². The predicted octanol–water partition coefficient (Wildman–Crippen LogP) is -5.51. The molecule has 1 aliphatic rings. The smallest absolute Gasteiger partial charge is 0.469 e. The van der Waals surface area contributed by atoms with Gasteiger partial charge in [-0.2, -0.15) is 0 Å². The van der Waals surface area contributed by atoms with Crippen LogP contribution in [0, 0.1) is 11.8 Å². The number of aliphatic carboxylic acids is 4. The average molecular weight is 1250 g/mol. The third kappa shape index (κ3) is 25.1. The molecule has 1 aromatic carbocycles. The van der Waals surface area contributed by atoms with Crippen molar-refractivity contribution in [2.45, 2.75) is 165 Å². The first-order valence-electron chi connectivity index (χ1n) is 26.8. The van der Waals surface area contributed by atoms with E-state index in [1.165, 1.54) is 31.2 Å². The number of amides is 10. The van der Waals surface area contributed by atoms with E-state index in [-0.39, 0.29) is 44.4 Å². The highest BCUT2D eigenvalue weighted by molar-refractivity contribution is 7.46. The minimum atomic E-state index is -5.57. The molecule has 1 aliphatic heterocycles. The van der Waals surface area contributed by atoms with Crippen molar-refractivity contribution in [1.29, 1.82) is 0 Å². The summed E-state index contributed by atoms with van der Waals surface area (Å²) in [7, 11) is -5.57. The summed E-state index contributed by atoms with van der Waals surface area (Å²) in [6, 6.07) is -12.8. The van der Waals surface area contributed by atoms with E-state index in [4.69, 9.17) is 16.0 Å². The number of phosphoric ester groups is 1. The third-order valence-electron chi connectivity index (χ3n) is 13.2. The molecule has 0 bridgehead atoms. The number of carbonyl (C=O) groups excluding carboxylic acids is 10. The molecule has 20 N–H and O–H groups in total. The second-order valence-corrected chi connectivity index (χ2v) is 21.8. The second-order valence-electron chi connectivity index (χ2n) is 20.6. The van der Waals surface area contributed by atoms with Crippen LogP contribution in [-0.2, 0) is 82.6 Å². The van der Waals surface area contributed by atoms with E-state index in [1.54, 1.807) is 20.8 Å². The highest BCUT2D eigenvalue weighted by atomic mass is 31.2. The number of primary amides is 1. The fraction of sp³-hybridized carbons (Fsp3) is 0.600. The molecular formula is C50H76N11O24P. The zero-order valence-electron chi connectivity index (χ0n) is 47.5. The Bertz CT molecular complexity index is 2690. The van der Waals surface area contributed by atoms with E-state index in [2.05, 4.69) is 37.2 Å². The molecule has 0 radical (unpaired) electrons. The van der Waals surface area contributed by atoms with Crippen molar-refractivity contribution >= 4 is 90.8 Å². The summed E-state index contributed by atoms with van der Waals surface area (Å²) in [5, 5.41) is 75.6. The molecule has 0 spiro atoms. The highest BCUT2D eigenvalue weighted by Crippen LogP contribution is 2.38. The molecule has 0 aliphatic carbocycles. The lowest BCUT2D eigenvalue weighted by atomic mass is 9.96. The maximum atomic E-state index is 14.3. The minimum absolute atomic E-state index is 0.0672. The first-order chi connectivity index (χ1) is 40.0. The van der Waals surface area contributed by atoms with Gasteiger partial charge in [-0.25, -0.2) is 9.36 Å². The first kappa shape index (κ1) is 73.7. The van der Waals surface area contributed by atoms with E-state index in [1.807, 2.05) is 5.32 Å². The van der Waals surface area contributed by atoms with Crippen molar-refractivity contribution in [2.24, 2.45) is 23.3 Å². The van der Waals surface area contributed by atoms with Gasteiger partial charge in [0.25, 0.3) is 0 Å². The number of nitrogens with one attached hydrogen (secondary N) is 8. The summed E-state index contributed by atoms with van der Waals surface area (Å²) in [4.78, 5) is 204. The number of phosphoric acid groups is 1. The average Bonchev–Trinajstić information content (AvgIpc) is 2.68. The number of aromatic hydroxyl groups is 1. The van der Waals surface area contributed by atoms with Gasteiger partial charge >= 0.3 is 31.7 Å². The number of benzene rings is 1. The van der Waals surface area contributed by atoms with Crippen LogP contribution < -0.4 is 54.0 Å². The summed E-state index contributed by atoms with van der Waals surface area (Å²) >= 11 is 0. The van der Waals surface area contributed by atoms with Gasteiger partial charge in [-0.3, -0.25) is 66.9 Å². The molecule has 1 saturated heterocycles. The SMILES string of the molecule is CC[C@H](C)[C@H](NC(=O)[C@H](CCC(=O)O)NC(=O)[C@H](CC(C)C)NC(=O)[C@@H](NC(=O)[C@H](CC(=O)O)NC(=O)[C@@H]1CCCN1C(=O)[C@H](CC(=O)O)NC(=O)[C@@H](N)CC(N)=O)[C@@H](C)OP(=O)(O)O)C(=O)N[C@@H](Cc1ccc(O)cc1)C(=O)N[C@@H](CO)C(=O)O. The van der Waals surface area contributed by atoms with Gasteiger partial charge in [0.15, 0.2) is 0 Å². The summed E-state index contributed by atoms with van der Waals surface area (Å²) in [5.41, 5.74) is 11.1. The van der Waals surface area contributed by atoms with Crippen LogP contribution in [0.25, 0.3) is 0 Å². The number of hydrogen-bond acceptors (Lipinski definition) is 19. The maximum absolute atomic E-state index is 14.3. The molecule has 10 amide bonds. The Morgan fingerprint density at radius 2 is 1.14 bits per heavy atom. The number of nitrogens with zero attached hydrogens (tertiary/aromatic N) is 1. The van der Waals surface area contributed by atoms with Gasteiger partial charge in [0.05, 0.1) is 38.0 Å². The molecule has 1 heterocycles. The molecule has 0 aromatic heterocycles. The number of hydrogen-bond donors (Lipinski definition) is 18. The molecule has 12 atom stereocenters. The Morgan fingerprint density at radius 1 is 0.640 bits per heavy atom. The van der Waals surface area contributed by atoms with Crippen molar-refractivity contribution in [1.82, 2.24) is 47.4 Å². The van der Waals surface area contributed by atoms with E-state index >= 15 is 0 Å². The van der Waals surface area contributed by atoms with Gasteiger partial charge in [-0.15, -0.1) is 0 Å². The lowest BCUT2D eigenvalue weighted by Crippen LogP contribution is -2.62. The minimum Gasteiger partial charge on any atom is -0.508 e. The summed E-state index contributed by atoms with van der Waals surface area (Å²) in [5.74, 6) is -20.0. The normalized spacial score (nSPS) is 17.0. The number of phenolic OH excluding ortho intramolecular Hbond substituents is 1. The van der Waals surface area contributed by atoms with Crippen LogP contribution in [0.15, 0.2) is 24.3 Å². The number of carbonyl (C=O) groups is 14. The first-order valence-corrected chi connectivity index (χ1v) is 28.3. The molecule has 2 rings (SSSR count). The van der Waals surface area contributed by atoms with E-state index < -0.39 is 208 Å². The topological polar surface area (TPSA) is 579 Å². The van der Waals surface area contributed by atoms with Crippen LogP contribution in [0.2, 0.25) is 0 Å². The van der Waals surface area contributed by atoms with Crippen LogP contribution in [0.3, 0.4) is 0 Å². The molecule has 35 nitrogen and oxygen atoms in total. The number of likely N-dealkylation sites (tertiary alicyclic amines) is 1. The number of aliphatic hydroxyl groups is 1. The summed E-state index contributed by atoms with van der Waals surface area (Å²) in [6.07, 6.45) is -7.14. The fourth-order valence-electron chi connectivity index (χ4n) is 8.57. The number of phenols is 1. The predicted molar refractivity (Wildman–Crippen MR) is 291 cm³/mol. The van der Waals surface area contributed by atoms with Gasteiger partial charge < -0.3 is 99.3 Å². The molecule has 86 heavy (non-hydrogen) atoms. The van der Waals surface area contributed by atoms with Crippen molar-refractivity contribution in [3.05, 3.63) is 29.8 Å². The largest absolute Gasteiger partial charge is 0.508 e. The number of aliphatic hydroxyl groups excluding tert-OH is 1. The van der Waals surface area contributed by atoms with Crippen LogP contribution >= 0.6 is 7.82 Å². The molecule has 0 unspecified atom stereocenters. The monoisotopic (exact) mass is 1250 g/mol. The Hall–Kier alpha value is -8.37. The van der Waals surface area contributed by atoms with E-state index in [9.17, 15) is 112 Å². The lowest BCUT2D eigenvalue weighted by molar-refractivity contribution is -0.146. The Balaban J connectivity index is 2.53. The van der Waals surface area contributed by atoms with Crippen molar-refractivity contribution in [3.63, 3.8) is 0 Å². The van der Waals surface area contributed by atoms with Crippen molar-refractivity contribution < 1.29 is 117 Å². The van der Waals surface area contributed by atoms with Crippen LogP contribution in [-0.4, -0.2) is 208 Å². The molecule has 36 heteroatoms. The zero-order valence-corrected chi connectivity index (χ0v) is 48.4. The zero-order chi connectivity index (χ0) is 65.5. The number of carboxylic acids is 4. The Kier molecular flexibility index (Phi) is 29.6. The quantitative estimate of drug-likeness (QED) is 0.0276. The van der Waals surface area contributed by atoms with E-state index in [0.29, 0.717) is 5.56 Å². The fourth-order valence-corrected chi connectivity index (χ4v) is 9.13. The molecular weight excluding hydrogens is 1170 g/mol. The van der Waals surface area contributed by atoms with Gasteiger partial charge in [-0.05, 0) is 62.1 Å². The number of nitrogens with two attached hydrogens (primary N) is 2. The van der Waals surface area contributed by atoms with E-state index in [0.717, 1.165) is 11.8 Å². The molecule has 1 fully saturated rings. The van der Waals surface area contributed by atoms with Gasteiger partial charge in [0.1, 0.15) is 60.1 Å². The molecule has 1 aromatic rings. The summed E-state index contributed by atoms with van der Waals surface area (Å²) < 4.78 is 16.8. The van der Waals surface area contributed by atoms with Gasteiger partial charge in [-0.1, -0.05) is 46.2 Å². The summed E-state index contributed by atoms with van der Waals surface area (Å²) in [6.45, 7) is 5.80. The molecule has 0 saturated carbocycles. The highest BCUT2D eigenvalue weighted by Gasteiger charge is 2.43. The Morgan fingerprint density at radius 3 is 1.66 bits per heavy atom.